The summed E-state index contributed by atoms with van der Waals surface area (Å²) in [5.41, 5.74) is 1.50. The molecule has 1 aliphatic heterocycles. The summed E-state index contributed by atoms with van der Waals surface area (Å²) < 4.78 is 22.5. The van der Waals surface area contributed by atoms with Crippen molar-refractivity contribution in [3.63, 3.8) is 0 Å². The topological polar surface area (TPSA) is 100 Å². The largest absolute Gasteiger partial charge is 0.492 e. The molecule has 2 N–H and O–H groups in total. The van der Waals surface area contributed by atoms with E-state index in [9.17, 15) is 14.7 Å². The van der Waals surface area contributed by atoms with Crippen LogP contribution in [-0.4, -0.2) is 33.0 Å². The van der Waals surface area contributed by atoms with Crippen LogP contribution in [0.1, 0.15) is 40.5 Å². The quantitative estimate of drug-likeness (QED) is 0.717. The third-order valence-electron chi connectivity index (χ3n) is 5.41. The number of ether oxygens (including phenoxy) is 1. The van der Waals surface area contributed by atoms with Gasteiger partial charge in [-0.25, -0.2) is 9.18 Å². The summed E-state index contributed by atoms with van der Waals surface area (Å²) in [5.74, 6) is -1.70. The average Bonchev–Trinajstić information content (AvgIpc) is 3.28. The molecule has 0 atom stereocenters. The number of aromatic nitrogens is 3. The fraction of sp³-hybridized carbons (Fsp3) is 0.316. The number of H-pyrrole nitrogens is 1. The molecule has 8 nitrogen and oxygen atoms in total. The summed E-state index contributed by atoms with van der Waals surface area (Å²) in [4.78, 5) is 26.1. The Balaban J connectivity index is 1.79. The summed E-state index contributed by atoms with van der Waals surface area (Å²) in [6.45, 7) is 0.903. The van der Waals surface area contributed by atoms with Gasteiger partial charge in [-0.1, -0.05) is 0 Å². The molecule has 1 aromatic carbocycles. The van der Waals surface area contributed by atoms with E-state index in [0.29, 0.717) is 18.6 Å². The number of fused-ring (bicyclic) bond motifs is 2. The molecule has 9 heteroatoms. The third-order valence-corrected chi connectivity index (χ3v) is 5.41. The van der Waals surface area contributed by atoms with E-state index in [1.807, 2.05) is 4.90 Å². The smallest absolute Gasteiger partial charge is 0.341 e. The number of hydrogen-bond donors (Lipinski definition) is 2. The number of carboxylic acids is 1. The van der Waals surface area contributed by atoms with Crippen molar-refractivity contribution in [3.8, 4) is 5.75 Å². The van der Waals surface area contributed by atoms with E-state index in [4.69, 9.17) is 4.74 Å². The van der Waals surface area contributed by atoms with Gasteiger partial charge in [0.25, 0.3) is 0 Å². The molecule has 0 spiro atoms. The first-order valence-electron chi connectivity index (χ1n) is 8.94. The zero-order valence-electron chi connectivity index (χ0n) is 15.0. The maximum Gasteiger partial charge on any atom is 0.341 e. The number of anilines is 1. The molecule has 2 aliphatic rings. The summed E-state index contributed by atoms with van der Waals surface area (Å²) in [5, 5.41) is 16.3. The number of halogens is 1. The maximum atomic E-state index is 15.2. The van der Waals surface area contributed by atoms with Crippen LogP contribution in [0.4, 0.5) is 10.1 Å². The summed E-state index contributed by atoms with van der Waals surface area (Å²) in [6, 6.07) is 1.20. The molecule has 144 valence electrons. The molecule has 2 aromatic heterocycles. The molecule has 5 rings (SSSR count). The Labute approximate surface area is 158 Å². The van der Waals surface area contributed by atoms with E-state index in [2.05, 4.69) is 10.2 Å². The Morgan fingerprint density at radius 1 is 1.39 bits per heavy atom. The molecule has 0 radical (unpaired) electrons. The summed E-state index contributed by atoms with van der Waals surface area (Å²) >= 11 is 0. The molecule has 1 saturated carbocycles. The van der Waals surface area contributed by atoms with Gasteiger partial charge in [0.05, 0.1) is 36.4 Å². The van der Waals surface area contributed by atoms with E-state index in [1.165, 1.54) is 13.3 Å². The van der Waals surface area contributed by atoms with Crippen molar-refractivity contribution in [2.45, 2.75) is 32.0 Å². The van der Waals surface area contributed by atoms with Crippen LogP contribution in [0.15, 0.2) is 23.3 Å². The van der Waals surface area contributed by atoms with Crippen LogP contribution in [0.25, 0.3) is 10.9 Å². The highest BCUT2D eigenvalue weighted by Crippen LogP contribution is 2.45. The fourth-order valence-electron chi connectivity index (χ4n) is 3.95. The van der Waals surface area contributed by atoms with Crippen molar-refractivity contribution in [2.24, 2.45) is 0 Å². The molecule has 0 saturated heterocycles. The van der Waals surface area contributed by atoms with Crippen LogP contribution in [0, 0.1) is 5.82 Å². The Hall–Kier alpha value is -3.36. The van der Waals surface area contributed by atoms with E-state index < -0.39 is 17.2 Å². The highest BCUT2D eigenvalue weighted by atomic mass is 19.1. The standard InChI is InChI=1S/C19H17FN4O4/c1-28-18-15-11(17(25)12(19(26)27)7-24(15)10-2-3-10)4-13(20)16(18)23-6-9-5-21-22-14(9)8-23/h4-5,7,10H,2-3,6,8H2,1H3,(H,21,22)(H,26,27). The van der Waals surface area contributed by atoms with Crippen molar-refractivity contribution < 1.29 is 19.0 Å². The number of aromatic amines is 1. The van der Waals surface area contributed by atoms with Gasteiger partial charge in [-0.05, 0) is 18.9 Å². The Morgan fingerprint density at radius 3 is 2.82 bits per heavy atom. The molecule has 0 amide bonds. The molecule has 0 unspecified atom stereocenters. The molecule has 28 heavy (non-hydrogen) atoms. The van der Waals surface area contributed by atoms with E-state index in [0.717, 1.165) is 30.2 Å². The first-order chi connectivity index (χ1) is 13.5. The number of methoxy groups -OCH3 is 1. The Kier molecular flexibility index (Phi) is 3.49. The number of carbonyl (C=O) groups is 1. The van der Waals surface area contributed by atoms with Gasteiger partial charge >= 0.3 is 5.97 Å². The van der Waals surface area contributed by atoms with Crippen LogP contribution >= 0.6 is 0 Å². The molecular formula is C19H17FN4O4. The lowest BCUT2D eigenvalue weighted by atomic mass is 10.1. The number of pyridine rings is 1. The van der Waals surface area contributed by atoms with E-state index in [1.54, 1.807) is 10.8 Å². The Morgan fingerprint density at radius 2 is 2.18 bits per heavy atom. The Bertz CT molecular complexity index is 1170. The summed E-state index contributed by atoms with van der Waals surface area (Å²) in [6.07, 6.45) is 4.80. The predicted octanol–water partition coefficient (Wildman–Crippen LogP) is 2.43. The van der Waals surface area contributed by atoms with Gasteiger partial charge in [0.1, 0.15) is 11.3 Å². The normalized spacial score (nSPS) is 15.9. The van der Waals surface area contributed by atoms with Gasteiger partial charge in [-0.3, -0.25) is 9.89 Å². The second-order valence-electron chi connectivity index (χ2n) is 7.18. The minimum Gasteiger partial charge on any atom is -0.492 e. The number of nitrogens with one attached hydrogen (secondary N) is 1. The second kappa shape index (κ2) is 5.82. The van der Waals surface area contributed by atoms with Crippen molar-refractivity contribution in [1.29, 1.82) is 0 Å². The van der Waals surface area contributed by atoms with Crippen molar-refractivity contribution in [1.82, 2.24) is 14.8 Å². The minimum atomic E-state index is -1.32. The SMILES string of the molecule is COc1c(N2Cc3cn[nH]c3C2)c(F)cc2c(=O)c(C(=O)O)cn(C3CC3)c12. The second-order valence-corrected chi connectivity index (χ2v) is 7.18. The summed E-state index contributed by atoms with van der Waals surface area (Å²) in [7, 11) is 1.43. The van der Waals surface area contributed by atoms with Gasteiger partial charge in [0.15, 0.2) is 11.6 Å². The van der Waals surface area contributed by atoms with Crippen molar-refractivity contribution in [3.05, 3.63) is 51.3 Å². The van der Waals surface area contributed by atoms with Gasteiger partial charge < -0.3 is 19.3 Å². The average molecular weight is 384 g/mol. The molecule has 1 fully saturated rings. The number of benzene rings is 1. The van der Waals surface area contributed by atoms with Crippen LogP contribution < -0.4 is 15.1 Å². The number of nitrogens with zero attached hydrogens (tertiary/aromatic N) is 3. The third kappa shape index (κ3) is 2.32. The number of aromatic carboxylic acids is 1. The zero-order valence-corrected chi connectivity index (χ0v) is 15.0. The number of rotatable bonds is 4. The zero-order chi connectivity index (χ0) is 19.6. The highest BCUT2D eigenvalue weighted by Gasteiger charge is 2.32. The van der Waals surface area contributed by atoms with Crippen LogP contribution in [0.5, 0.6) is 5.75 Å². The molecule has 3 aromatic rings. The van der Waals surface area contributed by atoms with Crippen LogP contribution in [-0.2, 0) is 13.1 Å². The van der Waals surface area contributed by atoms with Crippen LogP contribution in [0.3, 0.4) is 0 Å². The lowest BCUT2D eigenvalue weighted by Gasteiger charge is -2.24. The van der Waals surface area contributed by atoms with Gasteiger partial charge in [-0.15, -0.1) is 0 Å². The minimum absolute atomic E-state index is 0.0179. The molecular weight excluding hydrogens is 367 g/mol. The number of carboxylic acid groups (broad SMARTS) is 1. The molecule has 3 heterocycles. The molecule has 1 aliphatic carbocycles. The monoisotopic (exact) mass is 384 g/mol. The fourth-order valence-corrected chi connectivity index (χ4v) is 3.95. The molecule has 0 bridgehead atoms. The van der Waals surface area contributed by atoms with Gasteiger partial charge in [0.2, 0.25) is 5.43 Å². The van der Waals surface area contributed by atoms with Gasteiger partial charge in [-0.2, -0.15) is 5.10 Å². The van der Waals surface area contributed by atoms with Crippen LogP contribution in [0.2, 0.25) is 0 Å². The first kappa shape index (κ1) is 16.8. The predicted molar refractivity (Wildman–Crippen MR) is 98.4 cm³/mol. The van der Waals surface area contributed by atoms with E-state index in [-0.39, 0.29) is 28.4 Å². The van der Waals surface area contributed by atoms with E-state index >= 15 is 4.39 Å². The number of hydrogen-bond acceptors (Lipinski definition) is 5. The van der Waals surface area contributed by atoms with Crippen molar-refractivity contribution in [2.75, 3.05) is 12.0 Å². The first-order valence-corrected chi connectivity index (χ1v) is 8.94. The highest BCUT2D eigenvalue weighted by molar-refractivity contribution is 5.97. The lowest BCUT2D eigenvalue weighted by molar-refractivity contribution is 0.0695. The maximum absolute atomic E-state index is 15.2. The lowest BCUT2D eigenvalue weighted by Crippen LogP contribution is -2.22. The van der Waals surface area contributed by atoms with Gasteiger partial charge in [0, 0.05) is 24.3 Å². The van der Waals surface area contributed by atoms with Crippen molar-refractivity contribution >= 4 is 22.6 Å².